The molecule has 2 bridgehead atoms. The van der Waals surface area contributed by atoms with Crippen molar-refractivity contribution in [1.29, 1.82) is 0 Å². The summed E-state index contributed by atoms with van der Waals surface area (Å²) in [6.07, 6.45) is 4.89. The predicted molar refractivity (Wildman–Crippen MR) is 62.4 cm³/mol. The Morgan fingerprint density at radius 3 is 2.88 bits per heavy atom. The molecule has 1 saturated carbocycles. The number of piperidine rings is 1. The maximum absolute atomic E-state index is 11.1. The van der Waals surface area contributed by atoms with Crippen LogP contribution in [-0.2, 0) is 4.79 Å². The summed E-state index contributed by atoms with van der Waals surface area (Å²) in [7, 11) is 0. The van der Waals surface area contributed by atoms with Crippen LogP contribution in [0.3, 0.4) is 0 Å². The molecule has 4 heteroatoms. The second-order valence-corrected chi connectivity index (χ2v) is 5.13. The van der Waals surface area contributed by atoms with Gasteiger partial charge in [-0.1, -0.05) is 6.92 Å². The molecule has 0 amide bonds. The first-order chi connectivity index (χ1) is 7.70. The zero-order valence-electron chi connectivity index (χ0n) is 9.98. The fraction of sp³-hybridized carbons (Fsp3) is 0.917. The maximum atomic E-state index is 11.1. The first kappa shape index (κ1) is 11.9. The average molecular weight is 226 g/mol. The summed E-state index contributed by atoms with van der Waals surface area (Å²) in [5.74, 6) is 0.127. The monoisotopic (exact) mass is 226 g/mol. The first-order valence-corrected chi connectivity index (χ1v) is 6.41. The van der Waals surface area contributed by atoms with Crippen LogP contribution in [0.2, 0.25) is 0 Å². The van der Waals surface area contributed by atoms with Crippen LogP contribution in [0.5, 0.6) is 0 Å². The molecule has 0 spiro atoms. The first-order valence-electron chi connectivity index (χ1n) is 6.41. The number of hydrogen-bond acceptors (Lipinski definition) is 3. The van der Waals surface area contributed by atoms with E-state index in [1.54, 1.807) is 0 Å². The Hall–Kier alpha value is -0.610. The molecular weight excluding hydrogens is 204 g/mol. The molecule has 3 unspecified atom stereocenters. The van der Waals surface area contributed by atoms with Crippen molar-refractivity contribution >= 4 is 5.97 Å². The van der Waals surface area contributed by atoms with Crippen LogP contribution in [0, 0.1) is 5.92 Å². The molecule has 3 atom stereocenters. The molecule has 1 heterocycles. The molecule has 2 N–H and O–H groups in total. The Bertz CT molecular complexity index is 257. The van der Waals surface area contributed by atoms with Gasteiger partial charge in [-0.15, -0.1) is 0 Å². The van der Waals surface area contributed by atoms with Crippen molar-refractivity contribution in [2.24, 2.45) is 5.92 Å². The molecule has 0 aromatic rings. The maximum Gasteiger partial charge on any atom is 0.322 e. The van der Waals surface area contributed by atoms with Crippen molar-refractivity contribution in [3.05, 3.63) is 0 Å². The van der Waals surface area contributed by atoms with Gasteiger partial charge >= 0.3 is 5.97 Å². The minimum absolute atomic E-state index is 0.390. The molecule has 1 aliphatic heterocycles. The molecule has 16 heavy (non-hydrogen) atoms. The van der Waals surface area contributed by atoms with Crippen LogP contribution in [0.15, 0.2) is 0 Å². The van der Waals surface area contributed by atoms with E-state index in [-0.39, 0.29) is 6.04 Å². The van der Waals surface area contributed by atoms with Gasteiger partial charge in [0.15, 0.2) is 0 Å². The Morgan fingerprint density at radius 1 is 1.56 bits per heavy atom. The van der Waals surface area contributed by atoms with Crippen molar-refractivity contribution in [2.45, 2.75) is 44.7 Å². The number of rotatable bonds is 6. The highest BCUT2D eigenvalue weighted by Gasteiger charge is 2.39. The normalized spacial score (nSPS) is 30.8. The number of nitrogens with zero attached hydrogens (tertiary/aromatic N) is 1. The van der Waals surface area contributed by atoms with E-state index in [1.807, 2.05) is 0 Å². The van der Waals surface area contributed by atoms with Gasteiger partial charge in [0, 0.05) is 19.1 Å². The summed E-state index contributed by atoms with van der Waals surface area (Å²) in [4.78, 5) is 13.5. The molecule has 2 aliphatic rings. The van der Waals surface area contributed by atoms with Crippen LogP contribution in [0.25, 0.3) is 0 Å². The van der Waals surface area contributed by atoms with Gasteiger partial charge in [-0.05, 0) is 38.1 Å². The molecule has 0 aromatic carbocycles. The third-order valence-corrected chi connectivity index (χ3v) is 3.88. The summed E-state index contributed by atoms with van der Waals surface area (Å²) >= 11 is 0. The lowest BCUT2D eigenvalue weighted by molar-refractivity contribution is -0.140. The van der Waals surface area contributed by atoms with E-state index in [0.717, 1.165) is 25.4 Å². The number of likely N-dealkylation sites (tertiary alicyclic amines) is 1. The number of carbonyl (C=O) groups is 1. The van der Waals surface area contributed by atoms with E-state index in [1.165, 1.54) is 19.3 Å². The Kier molecular flexibility index (Phi) is 3.82. The van der Waals surface area contributed by atoms with Gasteiger partial charge in [0.05, 0.1) is 0 Å². The van der Waals surface area contributed by atoms with E-state index < -0.39 is 5.97 Å². The Labute approximate surface area is 97.0 Å². The van der Waals surface area contributed by atoms with E-state index >= 15 is 0 Å². The quantitative estimate of drug-likeness (QED) is 0.707. The highest BCUT2D eigenvalue weighted by Crippen LogP contribution is 2.37. The minimum Gasteiger partial charge on any atom is -0.480 e. The lowest BCUT2D eigenvalue weighted by Crippen LogP contribution is -2.48. The molecular formula is C12H22N2O2. The Morgan fingerprint density at radius 2 is 2.38 bits per heavy atom. The summed E-state index contributed by atoms with van der Waals surface area (Å²) in [6.45, 7) is 4.64. The Balaban J connectivity index is 1.83. The SMILES string of the molecule is CCCNC(CN1CC2CCC1C2)C(=O)O. The zero-order chi connectivity index (χ0) is 11.5. The van der Waals surface area contributed by atoms with Gasteiger partial charge in [0.1, 0.15) is 6.04 Å². The van der Waals surface area contributed by atoms with E-state index in [9.17, 15) is 4.79 Å². The predicted octanol–water partition coefficient (Wildman–Crippen LogP) is 0.923. The fourth-order valence-corrected chi connectivity index (χ4v) is 3.03. The van der Waals surface area contributed by atoms with Crippen LogP contribution in [0.1, 0.15) is 32.6 Å². The van der Waals surface area contributed by atoms with Gasteiger partial charge in [-0.25, -0.2) is 0 Å². The van der Waals surface area contributed by atoms with E-state index in [2.05, 4.69) is 17.1 Å². The molecule has 0 aromatic heterocycles. The van der Waals surface area contributed by atoms with Crippen LogP contribution in [0.4, 0.5) is 0 Å². The zero-order valence-corrected chi connectivity index (χ0v) is 9.98. The summed E-state index contributed by atoms with van der Waals surface area (Å²) < 4.78 is 0. The molecule has 4 nitrogen and oxygen atoms in total. The largest absolute Gasteiger partial charge is 0.480 e. The van der Waals surface area contributed by atoms with Crippen LogP contribution < -0.4 is 5.32 Å². The number of nitrogens with one attached hydrogen (secondary N) is 1. The van der Waals surface area contributed by atoms with Crippen molar-refractivity contribution in [2.75, 3.05) is 19.6 Å². The topological polar surface area (TPSA) is 52.6 Å². The number of aliphatic carboxylic acids is 1. The summed E-state index contributed by atoms with van der Waals surface area (Å²) in [6, 6.07) is 0.273. The van der Waals surface area contributed by atoms with Crippen molar-refractivity contribution in [3.63, 3.8) is 0 Å². The standard InChI is InChI=1S/C12H22N2O2/c1-2-5-13-11(12(15)16)8-14-7-9-3-4-10(14)6-9/h9-11,13H,2-8H2,1H3,(H,15,16). The molecule has 1 aliphatic carbocycles. The molecule has 2 rings (SSSR count). The van der Waals surface area contributed by atoms with Gasteiger partial charge in [0.2, 0.25) is 0 Å². The third kappa shape index (κ3) is 2.55. The van der Waals surface area contributed by atoms with Crippen LogP contribution >= 0.6 is 0 Å². The van der Waals surface area contributed by atoms with Gasteiger partial charge in [0.25, 0.3) is 0 Å². The van der Waals surface area contributed by atoms with Crippen molar-refractivity contribution < 1.29 is 9.90 Å². The lowest BCUT2D eigenvalue weighted by Gasteiger charge is -2.29. The van der Waals surface area contributed by atoms with Gasteiger partial charge in [-0.3, -0.25) is 9.69 Å². The van der Waals surface area contributed by atoms with Gasteiger partial charge < -0.3 is 10.4 Å². The molecule has 0 radical (unpaired) electrons. The van der Waals surface area contributed by atoms with E-state index in [0.29, 0.717) is 12.6 Å². The summed E-state index contributed by atoms with van der Waals surface area (Å²) in [5, 5.41) is 12.3. The molecule has 92 valence electrons. The second kappa shape index (κ2) is 5.15. The van der Waals surface area contributed by atoms with Crippen molar-refractivity contribution in [3.8, 4) is 0 Å². The van der Waals surface area contributed by atoms with Crippen LogP contribution in [-0.4, -0.2) is 47.7 Å². The number of hydrogen-bond donors (Lipinski definition) is 2. The van der Waals surface area contributed by atoms with E-state index in [4.69, 9.17) is 5.11 Å². The second-order valence-electron chi connectivity index (χ2n) is 5.13. The highest BCUT2D eigenvalue weighted by molar-refractivity contribution is 5.73. The number of carboxylic acids is 1. The summed E-state index contributed by atoms with van der Waals surface area (Å²) in [5.41, 5.74) is 0. The minimum atomic E-state index is -0.712. The lowest BCUT2D eigenvalue weighted by atomic mass is 10.1. The average Bonchev–Trinajstić information content (AvgIpc) is 2.85. The molecule has 2 fully saturated rings. The fourth-order valence-electron chi connectivity index (χ4n) is 3.03. The van der Waals surface area contributed by atoms with Gasteiger partial charge in [-0.2, -0.15) is 0 Å². The van der Waals surface area contributed by atoms with Crippen molar-refractivity contribution in [1.82, 2.24) is 10.2 Å². The smallest absolute Gasteiger partial charge is 0.322 e. The highest BCUT2D eigenvalue weighted by atomic mass is 16.4. The number of fused-ring (bicyclic) bond motifs is 2. The third-order valence-electron chi connectivity index (χ3n) is 3.88. The molecule has 1 saturated heterocycles. The number of carboxylic acid groups (broad SMARTS) is 1.